The van der Waals surface area contributed by atoms with E-state index < -0.39 is 18.0 Å². The molecule has 0 radical (unpaired) electrons. The number of esters is 1. The van der Waals surface area contributed by atoms with Crippen LogP contribution < -0.4 is 5.32 Å². The Labute approximate surface area is 123 Å². The molecule has 0 aromatic rings. The van der Waals surface area contributed by atoms with Crippen molar-refractivity contribution in [2.45, 2.75) is 51.3 Å². The third kappa shape index (κ3) is 9.66. The lowest BCUT2D eigenvalue weighted by atomic mass is 10.1. The molecule has 116 valence electrons. The molecule has 7 heteroatoms. The molecule has 0 bridgehead atoms. The highest BCUT2D eigenvalue weighted by Gasteiger charge is 2.22. The van der Waals surface area contributed by atoms with Crippen LogP contribution in [0.15, 0.2) is 0 Å². The summed E-state index contributed by atoms with van der Waals surface area (Å²) in [5, 5.41) is 11.4. The largest absolute Gasteiger partial charge is 0.480 e. The van der Waals surface area contributed by atoms with Crippen molar-refractivity contribution >= 4 is 29.6 Å². The number of carbonyl (C=O) groups is 3. The normalized spacial score (nSPS) is 12.6. The first-order valence-electron chi connectivity index (χ1n) is 6.47. The van der Waals surface area contributed by atoms with Crippen molar-refractivity contribution in [3.63, 3.8) is 0 Å². The number of aliphatic carboxylic acids is 1. The Morgan fingerprint density at radius 3 is 2.35 bits per heavy atom. The molecule has 0 aliphatic rings. The van der Waals surface area contributed by atoms with E-state index >= 15 is 0 Å². The van der Waals surface area contributed by atoms with Crippen molar-refractivity contribution < 1.29 is 24.2 Å². The van der Waals surface area contributed by atoms with E-state index in [1.165, 1.54) is 11.8 Å². The van der Waals surface area contributed by atoms with Crippen molar-refractivity contribution in [2.24, 2.45) is 0 Å². The van der Waals surface area contributed by atoms with E-state index in [2.05, 4.69) is 5.32 Å². The molecule has 0 rings (SSSR count). The minimum absolute atomic E-state index is 0.0279. The smallest absolute Gasteiger partial charge is 0.326 e. The lowest BCUT2D eigenvalue weighted by Gasteiger charge is -2.18. The highest BCUT2D eigenvalue weighted by molar-refractivity contribution is 8.01. The number of hydrogen-bond donors (Lipinski definition) is 2. The molecule has 0 aliphatic carbocycles. The fourth-order valence-corrected chi connectivity index (χ4v) is 1.92. The van der Waals surface area contributed by atoms with Gasteiger partial charge in [-0.3, -0.25) is 9.59 Å². The summed E-state index contributed by atoms with van der Waals surface area (Å²) in [7, 11) is 0. The molecule has 6 nitrogen and oxygen atoms in total. The average Bonchev–Trinajstić information content (AvgIpc) is 2.31. The number of carboxylic acid groups (broad SMARTS) is 1. The predicted molar refractivity (Wildman–Crippen MR) is 77.6 cm³/mol. The topological polar surface area (TPSA) is 92.7 Å². The highest BCUT2D eigenvalue weighted by atomic mass is 32.2. The van der Waals surface area contributed by atoms with Crippen LogP contribution in [0.25, 0.3) is 0 Å². The third-order valence-electron chi connectivity index (χ3n) is 2.21. The Kier molecular flexibility index (Phi) is 8.29. The van der Waals surface area contributed by atoms with Gasteiger partial charge in [0.05, 0.1) is 12.4 Å². The zero-order chi connectivity index (χ0) is 15.8. The van der Waals surface area contributed by atoms with Gasteiger partial charge in [-0.1, -0.05) is 20.8 Å². The molecule has 0 aromatic carbocycles. The van der Waals surface area contributed by atoms with E-state index in [1.54, 1.807) is 6.92 Å². The molecule has 0 spiro atoms. The maximum Gasteiger partial charge on any atom is 0.326 e. The van der Waals surface area contributed by atoms with Crippen molar-refractivity contribution in [3.05, 3.63) is 0 Å². The Bertz CT molecular complexity index is 351. The number of thioether (sulfide) groups is 1. The first-order valence-corrected chi connectivity index (χ1v) is 7.46. The lowest BCUT2D eigenvalue weighted by Crippen LogP contribution is -2.42. The molecule has 0 saturated carbocycles. The summed E-state index contributed by atoms with van der Waals surface area (Å²) in [5.74, 6) is -1.77. The number of ether oxygens (including phenoxy) is 1. The van der Waals surface area contributed by atoms with Crippen molar-refractivity contribution in [2.75, 3.05) is 12.4 Å². The Hall–Kier alpha value is -1.24. The Morgan fingerprint density at radius 1 is 1.30 bits per heavy atom. The van der Waals surface area contributed by atoms with Gasteiger partial charge < -0.3 is 15.2 Å². The van der Waals surface area contributed by atoms with E-state index in [1.807, 2.05) is 20.8 Å². The molecule has 0 saturated heterocycles. The van der Waals surface area contributed by atoms with E-state index in [0.29, 0.717) is 0 Å². The molecule has 0 aliphatic heterocycles. The minimum atomic E-state index is -1.15. The van der Waals surface area contributed by atoms with Crippen LogP contribution in [0.3, 0.4) is 0 Å². The van der Waals surface area contributed by atoms with Crippen LogP contribution in [0.4, 0.5) is 0 Å². The summed E-state index contributed by atoms with van der Waals surface area (Å²) in [6, 6.07) is -1.06. The number of carboxylic acids is 1. The van der Waals surface area contributed by atoms with Gasteiger partial charge in [-0.25, -0.2) is 4.79 Å². The van der Waals surface area contributed by atoms with Gasteiger partial charge in [-0.05, 0) is 13.3 Å². The van der Waals surface area contributed by atoms with Crippen molar-refractivity contribution in [3.8, 4) is 0 Å². The van der Waals surface area contributed by atoms with Gasteiger partial charge in [0.1, 0.15) is 6.04 Å². The third-order valence-corrected chi connectivity index (χ3v) is 3.48. The first kappa shape index (κ1) is 18.8. The fourth-order valence-electron chi connectivity index (χ4n) is 1.27. The number of hydrogen-bond acceptors (Lipinski definition) is 5. The van der Waals surface area contributed by atoms with E-state index in [0.717, 1.165) is 0 Å². The van der Waals surface area contributed by atoms with Crippen LogP contribution in [0.5, 0.6) is 0 Å². The first-order chi connectivity index (χ1) is 9.15. The monoisotopic (exact) mass is 305 g/mol. The zero-order valence-electron chi connectivity index (χ0n) is 12.4. The number of nitrogens with one attached hydrogen (secondary N) is 1. The van der Waals surface area contributed by atoms with E-state index in [9.17, 15) is 14.4 Å². The molecule has 20 heavy (non-hydrogen) atoms. The van der Waals surface area contributed by atoms with Gasteiger partial charge >= 0.3 is 11.9 Å². The van der Waals surface area contributed by atoms with Crippen LogP contribution >= 0.6 is 11.8 Å². The summed E-state index contributed by atoms with van der Waals surface area (Å²) in [4.78, 5) is 33.9. The summed E-state index contributed by atoms with van der Waals surface area (Å²) >= 11 is 1.43. The van der Waals surface area contributed by atoms with E-state index in [4.69, 9.17) is 9.84 Å². The van der Waals surface area contributed by atoms with Gasteiger partial charge in [0.2, 0.25) is 5.91 Å². The fraction of sp³-hybridized carbons (Fsp3) is 0.769. The van der Waals surface area contributed by atoms with Gasteiger partial charge in [-0.15, -0.1) is 11.8 Å². The molecule has 1 amide bonds. The highest BCUT2D eigenvalue weighted by Crippen LogP contribution is 2.22. The predicted octanol–water partition coefficient (Wildman–Crippen LogP) is 1.43. The molecular weight excluding hydrogens is 282 g/mol. The summed E-state index contributed by atoms with van der Waals surface area (Å²) < 4.78 is 4.65. The second-order valence-corrected chi connectivity index (χ2v) is 7.01. The molecule has 0 heterocycles. The van der Waals surface area contributed by atoms with Crippen molar-refractivity contribution in [1.29, 1.82) is 0 Å². The second-order valence-electron chi connectivity index (χ2n) is 5.20. The van der Waals surface area contributed by atoms with Gasteiger partial charge in [0, 0.05) is 11.2 Å². The lowest BCUT2D eigenvalue weighted by molar-refractivity contribution is -0.145. The molecule has 1 atom stereocenters. The van der Waals surface area contributed by atoms with Crippen LogP contribution in [0, 0.1) is 0 Å². The average molecular weight is 305 g/mol. The minimum Gasteiger partial charge on any atom is -0.480 e. The second kappa shape index (κ2) is 8.84. The molecular formula is C13H23NO5S. The number of rotatable bonds is 8. The number of amides is 1. The Morgan fingerprint density at radius 2 is 1.90 bits per heavy atom. The molecule has 2 N–H and O–H groups in total. The van der Waals surface area contributed by atoms with Gasteiger partial charge in [0.25, 0.3) is 0 Å². The van der Waals surface area contributed by atoms with Crippen LogP contribution in [0.2, 0.25) is 0 Å². The molecule has 0 aromatic heterocycles. The van der Waals surface area contributed by atoms with Gasteiger partial charge in [0.15, 0.2) is 0 Å². The SMILES string of the molecule is CCOC(=O)CC[C@H](NC(=O)CSC(C)(C)C)C(=O)O. The maximum atomic E-state index is 11.7. The van der Waals surface area contributed by atoms with E-state index in [-0.39, 0.29) is 35.9 Å². The van der Waals surface area contributed by atoms with Crippen LogP contribution in [0.1, 0.15) is 40.5 Å². The Balaban J connectivity index is 4.23. The zero-order valence-corrected chi connectivity index (χ0v) is 13.2. The van der Waals surface area contributed by atoms with Crippen molar-refractivity contribution in [1.82, 2.24) is 5.32 Å². The standard InChI is InChI=1S/C13H23NO5S/c1-5-19-11(16)7-6-9(12(17)18)14-10(15)8-20-13(2,3)4/h9H,5-8H2,1-4H3,(H,14,15)(H,17,18)/t9-/m0/s1. The quantitative estimate of drug-likeness (QED) is 0.659. The number of carbonyl (C=O) groups excluding carboxylic acids is 2. The summed E-state index contributed by atoms with van der Waals surface area (Å²) in [6.07, 6.45) is -0.00239. The maximum absolute atomic E-state index is 11.7. The summed E-state index contributed by atoms with van der Waals surface area (Å²) in [6.45, 7) is 7.85. The van der Waals surface area contributed by atoms with Crippen LogP contribution in [-0.4, -0.2) is 46.1 Å². The molecule has 0 unspecified atom stereocenters. The molecule has 0 fully saturated rings. The van der Waals surface area contributed by atoms with Crippen LogP contribution in [-0.2, 0) is 19.1 Å². The van der Waals surface area contributed by atoms with Gasteiger partial charge in [-0.2, -0.15) is 0 Å². The summed E-state index contributed by atoms with van der Waals surface area (Å²) in [5.41, 5.74) is 0.